The lowest BCUT2D eigenvalue weighted by atomic mass is 10.0. The van der Waals surface area contributed by atoms with Gasteiger partial charge in [-0.2, -0.15) is 4.72 Å². The van der Waals surface area contributed by atoms with Crippen molar-refractivity contribution in [2.45, 2.75) is 22.8 Å². The van der Waals surface area contributed by atoms with Crippen LogP contribution in [0.4, 0.5) is 0 Å². The summed E-state index contributed by atoms with van der Waals surface area (Å²) >= 11 is 7.25. The summed E-state index contributed by atoms with van der Waals surface area (Å²) in [4.78, 5) is 13.6. The number of hydrogen-bond donors (Lipinski definition) is 1. The van der Waals surface area contributed by atoms with Crippen LogP contribution in [0.5, 0.6) is 0 Å². The number of rotatable bonds is 3. The van der Waals surface area contributed by atoms with E-state index in [0.717, 1.165) is 10.5 Å². The molecule has 1 aliphatic heterocycles. The predicted octanol–water partition coefficient (Wildman–Crippen LogP) is 3.28. The van der Waals surface area contributed by atoms with E-state index in [0.29, 0.717) is 16.3 Å². The van der Waals surface area contributed by atoms with Gasteiger partial charge in [0.15, 0.2) is 5.78 Å². The first-order valence-electron chi connectivity index (χ1n) is 6.92. The van der Waals surface area contributed by atoms with E-state index < -0.39 is 16.1 Å². The van der Waals surface area contributed by atoms with Crippen LogP contribution in [0.2, 0.25) is 5.02 Å². The van der Waals surface area contributed by atoms with E-state index in [-0.39, 0.29) is 10.7 Å². The van der Waals surface area contributed by atoms with Crippen molar-refractivity contribution in [1.82, 2.24) is 4.72 Å². The van der Waals surface area contributed by atoms with Gasteiger partial charge < -0.3 is 0 Å². The van der Waals surface area contributed by atoms with Crippen molar-refractivity contribution in [1.29, 1.82) is 0 Å². The molecular formula is C16H14ClNO3S2. The first-order chi connectivity index (χ1) is 10.9. The van der Waals surface area contributed by atoms with Gasteiger partial charge in [0.05, 0.1) is 10.9 Å². The zero-order valence-corrected chi connectivity index (χ0v) is 14.6. The lowest BCUT2D eigenvalue weighted by Crippen LogP contribution is -2.44. The molecule has 1 N–H and O–H groups in total. The zero-order valence-electron chi connectivity index (χ0n) is 12.2. The predicted molar refractivity (Wildman–Crippen MR) is 91.8 cm³/mol. The Kier molecular flexibility index (Phi) is 4.51. The number of nitrogens with one attached hydrogen (secondary N) is 1. The number of thioether (sulfide) groups is 1. The third kappa shape index (κ3) is 3.45. The topological polar surface area (TPSA) is 63.2 Å². The number of Topliss-reactive ketones (excluding diaryl/α,β-unsaturated/α-hetero) is 1. The molecule has 0 saturated heterocycles. The second kappa shape index (κ2) is 6.28. The van der Waals surface area contributed by atoms with Crippen LogP contribution in [-0.4, -0.2) is 26.0 Å². The highest BCUT2D eigenvalue weighted by molar-refractivity contribution is 7.99. The van der Waals surface area contributed by atoms with Crippen LogP contribution in [0.25, 0.3) is 0 Å². The number of aryl methyl sites for hydroxylation is 1. The number of carbonyl (C=O) groups excluding carboxylic acids is 1. The lowest BCUT2D eigenvalue weighted by Gasteiger charge is -2.24. The summed E-state index contributed by atoms with van der Waals surface area (Å²) in [6, 6.07) is 10.7. The third-order valence-electron chi connectivity index (χ3n) is 3.54. The normalized spacial score (nSPS) is 17.8. The number of hydrogen-bond acceptors (Lipinski definition) is 4. The van der Waals surface area contributed by atoms with E-state index in [1.54, 1.807) is 6.07 Å². The second-order valence-corrected chi connectivity index (χ2v) is 8.51. The molecular weight excluding hydrogens is 354 g/mol. The monoisotopic (exact) mass is 367 g/mol. The fourth-order valence-electron chi connectivity index (χ4n) is 2.36. The molecule has 23 heavy (non-hydrogen) atoms. The quantitative estimate of drug-likeness (QED) is 0.904. The van der Waals surface area contributed by atoms with Crippen molar-refractivity contribution >= 4 is 39.2 Å². The maximum Gasteiger partial charge on any atom is 0.241 e. The molecule has 0 amide bonds. The molecule has 0 saturated carbocycles. The van der Waals surface area contributed by atoms with Gasteiger partial charge in [0.2, 0.25) is 10.0 Å². The van der Waals surface area contributed by atoms with Crippen LogP contribution in [0.1, 0.15) is 15.9 Å². The molecule has 0 radical (unpaired) electrons. The average Bonchev–Trinajstić information content (AvgIpc) is 2.51. The zero-order chi connectivity index (χ0) is 16.6. The number of benzene rings is 2. The third-order valence-corrected chi connectivity index (χ3v) is 6.45. The van der Waals surface area contributed by atoms with Crippen molar-refractivity contribution < 1.29 is 13.2 Å². The highest BCUT2D eigenvalue weighted by atomic mass is 35.5. The Morgan fingerprint density at radius 3 is 2.57 bits per heavy atom. The van der Waals surface area contributed by atoms with Crippen molar-refractivity contribution in [3.63, 3.8) is 0 Å². The second-order valence-electron chi connectivity index (χ2n) is 5.30. The maximum atomic E-state index is 12.6. The van der Waals surface area contributed by atoms with E-state index in [1.807, 2.05) is 19.1 Å². The largest absolute Gasteiger partial charge is 0.292 e. The molecule has 1 heterocycles. The van der Waals surface area contributed by atoms with Gasteiger partial charge in [-0.15, -0.1) is 11.8 Å². The van der Waals surface area contributed by atoms with E-state index in [2.05, 4.69) is 4.72 Å². The van der Waals surface area contributed by atoms with Crippen LogP contribution in [-0.2, 0) is 10.0 Å². The minimum absolute atomic E-state index is 0.0924. The van der Waals surface area contributed by atoms with Crippen LogP contribution in [0.3, 0.4) is 0 Å². The van der Waals surface area contributed by atoms with Crippen molar-refractivity contribution in [3.05, 3.63) is 58.6 Å². The molecule has 4 nitrogen and oxygen atoms in total. The van der Waals surface area contributed by atoms with Gasteiger partial charge in [-0.1, -0.05) is 23.2 Å². The van der Waals surface area contributed by atoms with E-state index in [4.69, 9.17) is 11.6 Å². The summed E-state index contributed by atoms with van der Waals surface area (Å²) < 4.78 is 27.3. The van der Waals surface area contributed by atoms with Gasteiger partial charge in [-0.3, -0.25) is 4.79 Å². The summed E-state index contributed by atoms with van der Waals surface area (Å²) in [5, 5.41) is 0.456. The first kappa shape index (κ1) is 16.5. The smallest absolute Gasteiger partial charge is 0.241 e. The Hall–Kier alpha value is -1.34. The summed E-state index contributed by atoms with van der Waals surface area (Å²) in [7, 11) is -3.77. The van der Waals surface area contributed by atoms with Crippen LogP contribution in [0.15, 0.2) is 52.3 Å². The molecule has 7 heteroatoms. The lowest BCUT2D eigenvalue weighted by molar-refractivity contribution is 0.0957. The van der Waals surface area contributed by atoms with Crippen LogP contribution < -0.4 is 4.72 Å². The Balaban J connectivity index is 1.86. The molecule has 0 aromatic heterocycles. The molecule has 0 unspecified atom stereocenters. The molecule has 2 aromatic carbocycles. The minimum Gasteiger partial charge on any atom is -0.292 e. The van der Waals surface area contributed by atoms with Crippen LogP contribution >= 0.6 is 23.4 Å². The maximum absolute atomic E-state index is 12.6. The number of fused-ring (bicyclic) bond motifs is 1. The first-order valence-corrected chi connectivity index (χ1v) is 9.77. The van der Waals surface area contributed by atoms with Crippen molar-refractivity contribution in [2.24, 2.45) is 0 Å². The van der Waals surface area contributed by atoms with Gasteiger partial charge in [0, 0.05) is 21.2 Å². The molecule has 0 spiro atoms. The minimum atomic E-state index is -3.77. The summed E-state index contributed by atoms with van der Waals surface area (Å²) in [6.45, 7) is 1.90. The SMILES string of the molecule is Cc1ccc2c(c1)C(=O)[C@@H](NS(=O)(=O)c1ccc(Cl)cc1)CS2. The molecule has 0 fully saturated rings. The van der Waals surface area contributed by atoms with Gasteiger partial charge in [0.25, 0.3) is 0 Å². The fourth-order valence-corrected chi connectivity index (χ4v) is 4.84. The fraction of sp³-hybridized carbons (Fsp3) is 0.188. The number of carbonyl (C=O) groups is 1. The van der Waals surface area contributed by atoms with Gasteiger partial charge in [-0.25, -0.2) is 8.42 Å². The number of halogens is 1. The van der Waals surface area contributed by atoms with E-state index in [9.17, 15) is 13.2 Å². The van der Waals surface area contributed by atoms with Crippen LogP contribution in [0, 0.1) is 6.92 Å². The summed E-state index contributed by atoms with van der Waals surface area (Å²) in [5.41, 5.74) is 1.55. The Labute approximate surface area is 144 Å². The molecule has 1 aliphatic rings. The van der Waals surface area contributed by atoms with Gasteiger partial charge >= 0.3 is 0 Å². The van der Waals surface area contributed by atoms with Crippen molar-refractivity contribution in [3.8, 4) is 0 Å². The van der Waals surface area contributed by atoms with Gasteiger partial charge in [-0.05, 0) is 43.3 Å². The molecule has 3 rings (SSSR count). The molecule has 0 aliphatic carbocycles. The Morgan fingerprint density at radius 2 is 1.87 bits per heavy atom. The summed E-state index contributed by atoms with van der Waals surface area (Å²) in [5.74, 6) is 0.182. The Bertz CT molecular complexity index is 863. The molecule has 1 atom stereocenters. The van der Waals surface area contributed by atoms with E-state index >= 15 is 0 Å². The number of sulfonamides is 1. The highest BCUT2D eigenvalue weighted by Crippen LogP contribution is 2.31. The van der Waals surface area contributed by atoms with Gasteiger partial charge in [0.1, 0.15) is 0 Å². The Morgan fingerprint density at radius 1 is 1.17 bits per heavy atom. The molecule has 120 valence electrons. The summed E-state index contributed by atoms with van der Waals surface area (Å²) in [6.07, 6.45) is 0. The molecule has 2 aromatic rings. The number of ketones is 1. The van der Waals surface area contributed by atoms with E-state index in [1.165, 1.54) is 36.0 Å². The van der Waals surface area contributed by atoms with Crippen molar-refractivity contribution in [2.75, 3.05) is 5.75 Å². The molecule has 0 bridgehead atoms. The highest BCUT2D eigenvalue weighted by Gasteiger charge is 2.31. The average molecular weight is 368 g/mol. The standard InChI is InChI=1S/C16H14ClNO3S2/c1-10-2-7-15-13(8-10)16(19)14(9-22-15)18-23(20,21)12-5-3-11(17)4-6-12/h2-8,14,18H,9H2,1H3/t14-/m0/s1.